The molecule has 33 heavy (non-hydrogen) atoms. The normalized spacial score (nSPS) is 15.8. The van der Waals surface area contributed by atoms with E-state index >= 15 is 0 Å². The summed E-state index contributed by atoms with van der Waals surface area (Å²) < 4.78 is 31.6. The highest BCUT2D eigenvalue weighted by Crippen LogP contribution is 2.30. The molecule has 1 atom stereocenters. The Labute approximate surface area is 205 Å². The average Bonchev–Trinajstić information content (AvgIpc) is 2.78. The summed E-state index contributed by atoms with van der Waals surface area (Å²) >= 11 is 12.1. The van der Waals surface area contributed by atoms with Crippen LogP contribution in [0.3, 0.4) is 0 Å². The van der Waals surface area contributed by atoms with Gasteiger partial charge in [0, 0.05) is 26.2 Å². The Kier molecular flexibility index (Phi) is 9.01. The number of halogens is 2. The molecular weight excluding hydrogens is 485 g/mol. The van der Waals surface area contributed by atoms with Crippen molar-refractivity contribution in [2.24, 2.45) is 0 Å². The highest BCUT2D eigenvalue weighted by atomic mass is 35.5. The van der Waals surface area contributed by atoms with E-state index in [2.05, 4.69) is 10.2 Å². The smallest absolute Gasteiger partial charge is 0.244 e. The molecule has 3 rings (SSSR count). The van der Waals surface area contributed by atoms with Gasteiger partial charge in [-0.2, -0.15) is 0 Å². The van der Waals surface area contributed by atoms with Gasteiger partial charge in [0.15, 0.2) is 0 Å². The molecule has 0 bridgehead atoms. The second-order valence-electron chi connectivity index (χ2n) is 8.00. The lowest BCUT2D eigenvalue weighted by molar-refractivity contribution is -0.122. The van der Waals surface area contributed by atoms with Crippen molar-refractivity contribution in [3.63, 3.8) is 0 Å². The number of nitrogens with zero attached hydrogens (tertiary/aromatic N) is 2. The van der Waals surface area contributed by atoms with E-state index in [0.29, 0.717) is 17.3 Å². The first kappa shape index (κ1) is 25.8. The number of benzene rings is 2. The second kappa shape index (κ2) is 11.5. The molecule has 1 aliphatic heterocycles. The zero-order valence-electron chi connectivity index (χ0n) is 18.8. The van der Waals surface area contributed by atoms with Crippen molar-refractivity contribution in [1.29, 1.82) is 0 Å². The molecule has 1 fully saturated rings. The lowest BCUT2D eigenvalue weighted by atomic mass is 10.1. The standard InChI is InChI=1S/C23H29Cl2N3O4S/c1-3-22(28(33(2,30)31)19-8-9-20(24)21(25)14-19)23(29)26-15-17-4-6-18(7-5-17)16-27-10-12-32-13-11-27/h4-9,14,22H,3,10-13,15-16H2,1-2H3,(H,26,29)/t22-/m1/s1. The lowest BCUT2D eigenvalue weighted by Gasteiger charge is -2.30. The molecule has 10 heteroatoms. The first-order valence-electron chi connectivity index (χ1n) is 10.8. The SMILES string of the molecule is CC[C@H](C(=O)NCc1ccc(CN2CCOCC2)cc1)N(c1ccc(Cl)c(Cl)c1)S(C)(=O)=O. The summed E-state index contributed by atoms with van der Waals surface area (Å²) in [6.07, 6.45) is 1.36. The van der Waals surface area contributed by atoms with Crippen LogP contribution in [0.25, 0.3) is 0 Å². The molecule has 2 aromatic carbocycles. The zero-order chi connectivity index (χ0) is 24.0. The summed E-state index contributed by atoms with van der Waals surface area (Å²) in [7, 11) is -3.75. The topological polar surface area (TPSA) is 79.0 Å². The van der Waals surface area contributed by atoms with Crippen molar-refractivity contribution in [2.45, 2.75) is 32.5 Å². The van der Waals surface area contributed by atoms with Gasteiger partial charge in [-0.1, -0.05) is 54.4 Å². The van der Waals surface area contributed by atoms with Crippen molar-refractivity contribution in [3.8, 4) is 0 Å². The van der Waals surface area contributed by atoms with Gasteiger partial charge >= 0.3 is 0 Å². The van der Waals surface area contributed by atoms with Crippen molar-refractivity contribution >= 4 is 44.8 Å². The Balaban J connectivity index is 1.67. The first-order valence-corrected chi connectivity index (χ1v) is 13.4. The second-order valence-corrected chi connectivity index (χ2v) is 10.7. The van der Waals surface area contributed by atoms with E-state index in [1.165, 1.54) is 17.7 Å². The van der Waals surface area contributed by atoms with E-state index in [-0.39, 0.29) is 17.4 Å². The van der Waals surface area contributed by atoms with Gasteiger partial charge in [-0.15, -0.1) is 0 Å². The molecule has 1 heterocycles. The summed E-state index contributed by atoms with van der Waals surface area (Å²) in [6, 6.07) is 11.6. The third kappa shape index (κ3) is 7.07. The summed E-state index contributed by atoms with van der Waals surface area (Å²) in [5, 5.41) is 3.39. The van der Waals surface area contributed by atoms with Crippen LogP contribution in [0.4, 0.5) is 5.69 Å². The van der Waals surface area contributed by atoms with Crippen LogP contribution in [-0.2, 0) is 32.6 Å². The number of ether oxygens (including phenoxy) is 1. The Morgan fingerprint density at radius 2 is 1.73 bits per heavy atom. The van der Waals surface area contributed by atoms with Gasteiger partial charge in [0.05, 0.1) is 35.2 Å². The van der Waals surface area contributed by atoms with Crippen molar-refractivity contribution < 1.29 is 17.9 Å². The molecule has 2 aromatic rings. The van der Waals surface area contributed by atoms with Gasteiger partial charge < -0.3 is 10.1 Å². The Hall–Kier alpha value is -1.84. The van der Waals surface area contributed by atoms with Gasteiger partial charge in [-0.3, -0.25) is 14.0 Å². The van der Waals surface area contributed by atoms with Gasteiger partial charge in [-0.25, -0.2) is 8.42 Å². The molecule has 0 radical (unpaired) electrons. The van der Waals surface area contributed by atoms with E-state index in [9.17, 15) is 13.2 Å². The highest BCUT2D eigenvalue weighted by Gasteiger charge is 2.31. The van der Waals surface area contributed by atoms with Crippen LogP contribution in [0.5, 0.6) is 0 Å². The minimum Gasteiger partial charge on any atom is -0.379 e. The van der Waals surface area contributed by atoms with Crippen LogP contribution >= 0.6 is 23.2 Å². The van der Waals surface area contributed by atoms with Crippen LogP contribution in [-0.4, -0.2) is 57.8 Å². The summed E-state index contributed by atoms with van der Waals surface area (Å²) in [4.78, 5) is 15.3. The van der Waals surface area contributed by atoms with Crippen LogP contribution in [0.1, 0.15) is 24.5 Å². The molecular formula is C23H29Cl2N3O4S. The number of hydrogen-bond donors (Lipinski definition) is 1. The predicted octanol–water partition coefficient (Wildman–Crippen LogP) is 3.69. The first-order chi connectivity index (χ1) is 15.7. The number of hydrogen-bond acceptors (Lipinski definition) is 5. The van der Waals surface area contributed by atoms with E-state index < -0.39 is 16.1 Å². The van der Waals surface area contributed by atoms with Crippen LogP contribution in [0, 0.1) is 0 Å². The molecule has 0 saturated carbocycles. The average molecular weight is 514 g/mol. The Morgan fingerprint density at radius 1 is 1.09 bits per heavy atom. The van der Waals surface area contributed by atoms with Crippen LogP contribution < -0.4 is 9.62 Å². The van der Waals surface area contributed by atoms with E-state index in [1.54, 1.807) is 13.0 Å². The van der Waals surface area contributed by atoms with E-state index in [1.807, 2.05) is 24.3 Å². The molecule has 1 aliphatic rings. The number of anilines is 1. The van der Waals surface area contributed by atoms with Crippen LogP contribution in [0.15, 0.2) is 42.5 Å². The molecule has 1 saturated heterocycles. The maximum absolute atomic E-state index is 13.0. The Morgan fingerprint density at radius 3 is 2.30 bits per heavy atom. The molecule has 0 spiro atoms. The quantitative estimate of drug-likeness (QED) is 0.553. The van der Waals surface area contributed by atoms with Crippen LogP contribution in [0.2, 0.25) is 10.0 Å². The number of carbonyl (C=O) groups is 1. The van der Waals surface area contributed by atoms with E-state index in [0.717, 1.165) is 49.0 Å². The maximum atomic E-state index is 13.0. The molecule has 7 nitrogen and oxygen atoms in total. The number of sulfonamides is 1. The largest absolute Gasteiger partial charge is 0.379 e. The Bertz CT molecular complexity index is 1060. The van der Waals surface area contributed by atoms with E-state index in [4.69, 9.17) is 27.9 Å². The van der Waals surface area contributed by atoms with Gasteiger partial charge in [0.2, 0.25) is 15.9 Å². The lowest BCUT2D eigenvalue weighted by Crippen LogP contribution is -2.49. The molecule has 180 valence electrons. The maximum Gasteiger partial charge on any atom is 0.244 e. The third-order valence-corrected chi connectivity index (χ3v) is 7.41. The summed E-state index contributed by atoms with van der Waals surface area (Å²) in [5.41, 5.74) is 2.42. The number of rotatable bonds is 9. The zero-order valence-corrected chi connectivity index (χ0v) is 21.1. The molecule has 1 amide bonds. The number of carbonyl (C=O) groups excluding carboxylic acids is 1. The van der Waals surface area contributed by atoms with Crippen molar-refractivity contribution in [2.75, 3.05) is 36.9 Å². The summed E-state index contributed by atoms with van der Waals surface area (Å²) in [5.74, 6) is -0.383. The monoisotopic (exact) mass is 513 g/mol. The predicted molar refractivity (Wildman–Crippen MR) is 132 cm³/mol. The number of nitrogens with one attached hydrogen (secondary N) is 1. The van der Waals surface area contributed by atoms with Crippen molar-refractivity contribution in [3.05, 3.63) is 63.6 Å². The van der Waals surface area contributed by atoms with Gasteiger partial charge in [0.25, 0.3) is 0 Å². The molecule has 0 aliphatic carbocycles. The van der Waals surface area contributed by atoms with Gasteiger partial charge in [-0.05, 0) is 35.7 Å². The minimum atomic E-state index is -3.75. The van der Waals surface area contributed by atoms with Crippen molar-refractivity contribution in [1.82, 2.24) is 10.2 Å². The number of amides is 1. The fourth-order valence-electron chi connectivity index (χ4n) is 3.77. The molecule has 1 N–H and O–H groups in total. The number of morpholine rings is 1. The van der Waals surface area contributed by atoms with Gasteiger partial charge in [0.1, 0.15) is 6.04 Å². The fourth-order valence-corrected chi connectivity index (χ4v) is 5.27. The summed E-state index contributed by atoms with van der Waals surface area (Å²) in [6.45, 7) is 6.29. The third-order valence-electron chi connectivity index (χ3n) is 5.49. The molecule has 0 aromatic heterocycles. The fraction of sp³-hybridized carbons (Fsp3) is 0.435. The highest BCUT2D eigenvalue weighted by molar-refractivity contribution is 7.92. The minimum absolute atomic E-state index is 0.218. The molecule has 0 unspecified atom stereocenters.